The van der Waals surface area contributed by atoms with Crippen molar-refractivity contribution >= 4 is 34.3 Å². The van der Waals surface area contributed by atoms with Crippen LogP contribution in [0.1, 0.15) is 18.0 Å². The van der Waals surface area contributed by atoms with Gasteiger partial charge in [-0.25, -0.2) is 4.39 Å². The van der Waals surface area contributed by atoms with E-state index < -0.39 is 12.0 Å². The van der Waals surface area contributed by atoms with E-state index in [0.29, 0.717) is 10.0 Å². The van der Waals surface area contributed by atoms with Crippen LogP contribution in [0.2, 0.25) is 0 Å². The van der Waals surface area contributed by atoms with Gasteiger partial charge in [-0.3, -0.25) is 4.79 Å². The van der Waals surface area contributed by atoms with E-state index in [2.05, 4.69) is 20.7 Å². The van der Waals surface area contributed by atoms with Gasteiger partial charge in [0.1, 0.15) is 5.82 Å². The zero-order chi connectivity index (χ0) is 11.4. The summed E-state index contributed by atoms with van der Waals surface area (Å²) in [6.07, 6.45) is 0.0341. The molecule has 0 unspecified atom stereocenters. The molecule has 2 N–H and O–H groups in total. The first-order valence-corrected chi connectivity index (χ1v) is 5.10. The molecule has 3 nitrogen and oxygen atoms in total. The number of benzene rings is 1. The standard InChI is InChI=1S/C10H11BrFNO2.ClH/c1-15-10(14)5-9(13)6-2-7(11)4-8(12)3-6;/h2-4,9H,5,13H2,1H3;1H/t9-;/m1./s1. The molecule has 6 heteroatoms. The van der Waals surface area contributed by atoms with Gasteiger partial charge in [0.05, 0.1) is 13.5 Å². The molecule has 0 bridgehead atoms. The molecule has 0 heterocycles. The van der Waals surface area contributed by atoms with Crippen molar-refractivity contribution < 1.29 is 13.9 Å². The molecule has 16 heavy (non-hydrogen) atoms. The summed E-state index contributed by atoms with van der Waals surface area (Å²) in [6.45, 7) is 0. The van der Waals surface area contributed by atoms with Crippen molar-refractivity contribution in [3.05, 3.63) is 34.1 Å². The summed E-state index contributed by atoms with van der Waals surface area (Å²) < 4.78 is 18.1. The van der Waals surface area contributed by atoms with E-state index >= 15 is 0 Å². The quantitative estimate of drug-likeness (QED) is 0.873. The first kappa shape index (κ1) is 15.3. The van der Waals surface area contributed by atoms with Crippen LogP contribution >= 0.6 is 28.3 Å². The van der Waals surface area contributed by atoms with E-state index in [0.717, 1.165) is 0 Å². The molecule has 0 saturated carbocycles. The fraction of sp³-hybridized carbons (Fsp3) is 0.300. The van der Waals surface area contributed by atoms with Gasteiger partial charge in [0.25, 0.3) is 0 Å². The summed E-state index contributed by atoms with van der Waals surface area (Å²) in [5.74, 6) is -0.803. The first-order chi connectivity index (χ1) is 7.02. The van der Waals surface area contributed by atoms with Crippen LogP contribution in [0, 0.1) is 5.82 Å². The van der Waals surface area contributed by atoms with Gasteiger partial charge >= 0.3 is 5.97 Å². The van der Waals surface area contributed by atoms with Crippen molar-refractivity contribution in [1.29, 1.82) is 0 Å². The van der Waals surface area contributed by atoms with Gasteiger partial charge in [0.15, 0.2) is 0 Å². The Morgan fingerprint density at radius 2 is 2.19 bits per heavy atom. The van der Waals surface area contributed by atoms with Crippen LogP contribution in [0.3, 0.4) is 0 Å². The minimum atomic E-state index is -0.551. The monoisotopic (exact) mass is 311 g/mol. The second-order valence-electron chi connectivity index (χ2n) is 3.09. The number of carbonyl (C=O) groups is 1. The van der Waals surface area contributed by atoms with Crippen LogP contribution in [0.15, 0.2) is 22.7 Å². The molecular weight excluding hydrogens is 300 g/mol. The van der Waals surface area contributed by atoms with Crippen LogP contribution in [0.25, 0.3) is 0 Å². The maximum atomic E-state index is 13.0. The van der Waals surface area contributed by atoms with Crippen molar-refractivity contribution in [2.45, 2.75) is 12.5 Å². The zero-order valence-electron chi connectivity index (χ0n) is 8.57. The Balaban J connectivity index is 0.00000225. The largest absolute Gasteiger partial charge is 0.469 e. The molecule has 0 spiro atoms. The van der Waals surface area contributed by atoms with Crippen LogP contribution in [0.4, 0.5) is 4.39 Å². The van der Waals surface area contributed by atoms with Crippen LogP contribution in [-0.2, 0) is 9.53 Å². The third-order valence-corrected chi connectivity index (χ3v) is 2.39. The normalized spacial score (nSPS) is 11.5. The lowest BCUT2D eigenvalue weighted by Crippen LogP contribution is -2.16. The second kappa shape index (κ2) is 6.83. The lowest BCUT2D eigenvalue weighted by atomic mass is 10.1. The van der Waals surface area contributed by atoms with Gasteiger partial charge in [-0.1, -0.05) is 15.9 Å². The highest BCUT2D eigenvalue weighted by atomic mass is 79.9. The highest BCUT2D eigenvalue weighted by molar-refractivity contribution is 9.10. The Labute approximate surface area is 108 Å². The number of ether oxygens (including phenoxy) is 1. The average Bonchev–Trinajstić information content (AvgIpc) is 2.16. The zero-order valence-corrected chi connectivity index (χ0v) is 11.0. The second-order valence-corrected chi connectivity index (χ2v) is 4.01. The smallest absolute Gasteiger partial charge is 0.307 e. The number of esters is 1. The SMILES string of the molecule is COC(=O)C[C@@H](N)c1cc(F)cc(Br)c1.Cl. The van der Waals surface area contributed by atoms with E-state index in [1.807, 2.05) is 0 Å². The highest BCUT2D eigenvalue weighted by Crippen LogP contribution is 2.21. The lowest BCUT2D eigenvalue weighted by molar-refractivity contribution is -0.141. The number of hydrogen-bond acceptors (Lipinski definition) is 3. The Hall–Kier alpha value is -0.650. The highest BCUT2D eigenvalue weighted by Gasteiger charge is 2.13. The van der Waals surface area contributed by atoms with Crippen molar-refractivity contribution in [1.82, 2.24) is 0 Å². The van der Waals surface area contributed by atoms with Gasteiger partial charge in [0, 0.05) is 10.5 Å². The van der Waals surface area contributed by atoms with E-state index in [9.17, 15) is 9.18 Å². The number of hydrogen-bond donors (Lipinski definition) is 1. The lowest BCUT2D eigenvalue weighted by Gasteiger charge is -2.11. The first-order valence-electron chi connectivity index (χ1n) is 4.31. The fourth-order valence-corrected chi connectivity index (χ4v) is 1.65. The van der Waals surface area contributed by atoms with Crippen molar-refractivity contribution in [3.8, 4) is 0 Å². The van der Waals surface area contributed by atoms with Crippen molar-refractivity contribution in [2.75, 3.05) is 7.11 Å². The Kier molecular flexibility index (Phi) is 6.55. The van der Waals surface area contributed by atoms with Crippen molar-refractivity contribution in [2.24, 2.45) is 5.73 Å². The van der Waals surface area contributed by atoms with Crippen LogP contribution < -0.4 is 5.73 Å². The molecule has 0 aromatic heterocycles. The van der Waals surface area contributed by atoms with Gasteiger partial charge in [-0.05, 0) is 23.8 Å². The topological polar surface area (TPSA) is 52.3 Å². The molecule has 1 rings (SSSR count). The summed E-state index contributed by atoms with van der Waals surface area (Å²) in [5.41, 5.74) is 6.28. The van der Waals surface area contributed by atoms with Crippen molar-refractivity contribution in [3.63, 3.8) is 0 Å². The van der Waals surface area contributed by atoms with E-state index in [1.165, 1.54) is 19.2 Å². The molecule has 1 aromatic carbocycles. The molecule has 0 aliphatic carbocycles. The molecule has 1 aromatic rings. The van der Waals surface area contributed by atoms with Gasteiger partial charge in [-0.2, -0.15) is 0 Å². The molecule has 0 aliphatic heterocycles. The van der Waals surface area contributed by atoms with E-state index in [4.69, 9.17) is 5.73 Å². The predicted octanol–water partition coefficient (Wildman–Crippen LogP) is 2.57. The third kappa shape index (κ3) is 4.47. The van der Waals surface area contributed by atoms with Gasteiger partial charge < -0.3 is 10.5 Å². The molecule has 90 valence electrons. The number of halogens is 3. The number of nitrogens with two attached hydrogens (primary N) is 1. The molecular formula is C10H12BrClFNO2. The predicted molar refractivity (Wildman–Crippen MR) is 64.9 cm³/mol. The number of methoxy groups -OCH3 is 1. The summed E-state index contributed by atoms with van der Waals surface area (Å²) in [4.78, 5) is 11.0. The van der Waals surface area contributed by atoms with Gasteiger partial charge in [-0.15, -0.1) is 12.4 Å². The number of rotatable bonds is 3. The molecule has 0 saturated heterocycles. The molecule has 0 amide bonds. The van der Waals surface area contributed by atoms with Crippen LogP contribution in [0.5, 0.6) is 0 Å². The van der Waals surface area contributed by atoms with E-state index in [1.54, 1.807) is 6.07 Å². The average molecular weight is 313 g/mol. The summed E-state index contributed by atoms with van der Waals surface area (Å²) in [7, 11) is 1.29. The van der Waals surface area contributed by atoms with Gasteiger partial charge in [0.2, 0.25) is 0 Å². The fourth-order valence-electron chi connectivity index (χ4n) is 1.17. The maximum absolute atomic E-state index is 13.0. The number of carbonyl (C=O) groups excluding carboxylic acids is 1. The Morgan fingerprint density at radius 3 is 2.69 bits per heavy atom. The maximum Gasteiger partial charge on any atom is 0.307 e. The summed E-state index contributed by atoms with van der Waals surface area (Å²) >= 11 is 3.15. The summed E-state index contributed by atoms with van der Waals surface area (Å²) in [5, 5.41) is 0. The minimum absolute atomic E-state index is 0. The molecule has 0 aliphatic rings. The third-order valence-electron chi connectivity index (χ3n) is 1.93. The van der Waals surface area contributed by atoms with E-state index in [-0.39, 0.29) is 24.6 Å². The Morgan fingerprint density at radius 1 is 1.56 bits per heavy atom. The molecule has 1 atom stereocenters. The molecule has 0 fully saturated rings. The minimum Gasteiger partial charge on any atom is -0.469 e. The molecule has 0 radical (unpaired) electrons. The summed E-state index contributed by atoms with van der Waals surface area (Å²) in [6, 6.07) is 3.76. The Bertz CT molecular complexity index is 356. The van der Waals surface area contributed by atoms with Crippen LogP contribution in [-0.4, -0.2) is 13.1 Å².